The second-order valence-corrected chi connectivity index (χ2v) is 7.61. The molecule has 1 aromatic carbocycles. The molecule has 8 nitrogen and oxygen atoms in total. The number of rotatable bonds is 6. The van der Waals surface area contributed by atoms with Crippen LogP contribution in [0, 0.1) is 0 Å². The van der Waals surface area contributed by atoms with E-state index in [0.717, 1.165) is 41.9 Å². The monoisotopic (exact) mass is 405 g/mol. The van der Waals surface area contributed by atoms with Crippen LogP contribution in [0.4, 0.5) is 11.6 Å². The second-order valence-electron chi connectivity index (χ2n) is 7.61. The number of anilines is 2. The van der Waals surface area contributed by atoms with Crippen molar-refractivity contribution in [1.29, 1.82) is 0 Å². The van der Waals surface area contributed by atoms with Gasteiger partial charge in [0, 0.05) is 49.4 Å². The zero-order valence-corrected chi connectivity index (χ0v) is 17.5. The van der Waals surface area contributed by atoms with Gasteiger partial charge in [-0.2, -0.15) is 5.10 Å². The summed E-state index contributed by atoms with van der Waals surface area (Å²) in [5.74, 6) is 0.632. The third-order valence-electron chi connectivity index (χ3n) is 5.45. The number of fused-ring (bicyclic) bond motifs is 1. The standard InChI is InChI=1S/C22H27N7O/c1-15-11-20(27-22-24-7-4-8-25-22)19-12-17(5-6-21(19)29(15)16(2)30)18-13-26-28(14-18)10-9-23-3/h4-8,12-15,20,23H,9-11H2,1-3H3,(H,24,25,27)/t15-,20+/m0/s1. The van der Waals surface area contributed by atoms with Crippen molar-refractivity contribution in [3.63, 3.8) is 0 Å². The Labute approximate surface area is 176 Å². The number of benzene rings is 1. The summed E-state index contributed by atoms with van der Waals surface area (Å²) < 4.78 is 1.93. The first-order chi connectivity index (χ1) is 14.6. The number of carbonyl (C=O) groups excluding carboxylic acids is 1. The Morgan fingerprint density at radius 3 is 2.77 bits per heavy atom. The van der Waals surface area contributed by atoms with Crippen molar-refractivity contribution in [2.24, 2.45) is 0 Å². The Bertz CT molecular complexity index is 1020. The smallest absolute Gasteiger partial charge is 0.224 e. The number of aromatic nitrogens is 4. The molecule has 2 atom stereocenters. The Morgan fingerprint density at radius 2 is 2.03 bits per heavy atom. The second kappa shape index (κ2) is 8.62. The fraction of sp³-hybridized carbons (Fsp3) is 0.364. The fourth-order valence-electron chi connectivity index (χ4n) is 4.05. The lowest BCUT2D eigenvalue weighted by atomic mass is 9.89. The molecule has 0 saturated heterocycles. The molecule has 1 amide bonds. The highest BCUT2D eigenvalue weighted by Gasteiger charge is 2.33. The van der Waals surface area contributed by atoms with Gasteiger partial charge in [-0.1, -0.05) is 6.07 Å². The Hall–Kier alpha value is -3.26. The molecule has 3 aromatic rings. The van der Waals surface area contributed by atoms with Gasteiger partial charge >= 0.3 is 0 Å². The molecule has 0 unspecified atom stereocenters. The fourth-order valence-corrected chi connectivity index (χ4v) is 4.05. The normalized spacial score (nSPS) is 18.2. The number of hydrogen-bond acceptors (Lipinski definition) is 6. The molecule has 0 saturated carbocycles. The van der Waals surface area contributed by atoms with E-state index < -0.39 is 0 Å². The molecule has 1 aliphatic heterocycles. The summed E-state index contributed by atoms with van der Waals surface area (Å²) in [6.45, 7) is 5.37. The highest BCUT2D eigenvalue weighted by Crippen LogP contribution is 2.40. The van der Waals surface area contributed by atoms with Gasteiger partial charge in [0.05, 0.1) is 18.8 Å². The minimum absolute atomic E-state index is 0.00675. The average Bonchev–Trinajstić information content (AvgIpc) is 3.21. The van der Waals surface area contributed by atoms with E-state index in [2.05, 4.69) is 51.0 Å². The van der Waals surface area contributed by atoms with Crippen LogP contribution in [0.25, 0.3) is 11.1 Å². The average molecular weight is 406 g/mol. The van der Waals surface area contributed by atoms with E-state index in [1.54, 1.807) is 25.4 Å². The molecular weight excluding hydrogens is 378 g/mol. The molecule has 8 heteroatoms. The molecule has 2 N–H and O–H groups in total. The van der Waals surface area contributed by atoms with Gasteiger partial charge in [-0.3, -0.25) is 9.48 Å². The van der Waals surface area contributed by atoms with Crippen LogP contribution in [0.2, 0.25) is 0 Å². The molecule has 156 valence electrons. The van der Waals surface area contributed by atoms with Gasteiger partial charge < -0.3 is 15.5 Å². The van der Waals surface area contributed by atoms with Crippen molar-refractivity contribution < 1.29 is 4.79 Å². The lowest BCUT2D eigenvalue weighted by molar-refractivity contribution is -0.117. The molecule has 4 rings (SSSR count). The Balaban J connectivity index is 1.71. The van der Waals surface area contributed by atoms with Gasteiger partial charge in [0.25, 0.3) is 0 Å². The van der Waals surface area contributed by atoms with Gasteiger partial charge in [0.2, 0.25) is 11.9 Å². The third-order valence-corrected chi connectivity index (χ3v) is 5.45. The Kier molecular flexibility index (Phi) is 5.76. The molecule has 0 fully saturated rings. The predicted molar refractivity (Wildman–Crippen MR) is 117 cm³/mol. The van der Waals surface area contributed by atoms with Crippen molar-refractivity contribution in [3.8, 4) is 11.1 Å². The van der Waals surface area contributed by atoms with E-state index in [1.165, 1.54) is 0 Å². The van der Waals surface area contributed by atoms with Crippen LogP contribution in [0.3, 0.4) is 0 Å². The summed E-state index contributed by atoms with van der Waals surface area (Å²) in [6.07, 6.45) is 8.15. The van der Waals surface area contributed by atoms with E-state index in [1.807, 2.05) is 28.9 Å². The van der Waals surface area contributed by atoms with Gasteiger partial charge in [0.1, 0.15) is 0 Å². The van der Waals surface area contributed by atoms with Crippen LogP contribution >= 0.6 is 0 Å². The van der Waals surface area contributed by atoms with Crippen molar-refractivity contribution in [1.82, 2.24) is 25.1 Å². The maximum atomic E-state index is 12.4. The minimum Gasteiger partial charge on any atom is -0.347 e. The molecule has 0 bridgehead atoms. The topological polar surface area (TPSA) is 88.0 Å². The van der Waals surface area contributed by atoms with Crippen LogP contribution in [0.5, 0.6) is 0 Å². The lowest BCUT2D eigenvalue weighted by Crippen LogP contribution is -2.43. The first-order valence-corrected chi connectivity index (χ1v) is 10.2. The van der Waals surface area contributed by atoms with E-state index in [9.17, 15) is 4.79 Å². The van der Waals surface area contributed by atoms with Crippen molar-refractivity contribution in [3.05, 3.63) is 54.6 Å². The van der Waals surface area contributed by atoms with Crippen LogP contribution < -0.4 is 15.5 Å². The molecule has 30 heavy (non-hydrogen) atoms. The molecule has 1 aliphatic rings. The lowest BCUT2D eigenvalue weighted by Gasteiger charge is -2.39. The summed E-state index contributed by atoms with van der Waals surface area (Å²) >= 11 is 0. The van der Waals surface area contributed by atoms with E-state index in [-0.39, 0.29) is 18.0 Å². The summed E-state index contributed by atoms with van der Waals surface area (Å²) in [5, 5.41) is 11.0. The Morgan fingerprint density at radius 1 is 1.23 bits per heavy atom. The predicted octanol–water partition coefficient (Wildman–Crippen LogP) is 2.86. The summed E-state index contributed by atoms with van der Waals surface area (Å²) in [7, 11) is 1.93. The van der Waals surface area contributed by atoms with Crippen LogP contribution in [0.1, 0.15) is 31.9 Å². The van der Waals surface area contributed by atoms with Gasteiger partial charge in [0.15, 0.2) is 0 Å². The van der Waals surface area contributed by atoms with Gasteiger partial charge in [-0.15, -0.1) is 0 Å². The summed E-state index contributed by atoms with van der Waals surface area (Å²) in [6, 6.07) is 8.12. The quantitative estimate of drug-likeness (QED) is 0.656. The number of carbonyl (C=O) groups is 1. The van der Waals surface area contributed by atoms with E-state index in [4.69, 9.17) is 0 Å². The molecule has 3 heterocycles. The zero-order chi connectivity index (χ0) is 21.1. The largest absolute Gasteiger partial charge is 0.347 e. The summed E-state index contributed by atoms with van der Waals surface area (Å²) in [4.78, 5) is 22.9. The zero-order valence-electron chi connectivity index (χ0n) is 17.5. The summed E-state index contributed by atoms with van der Waals surface area (Å²) in [5.41, 5.74) is 4.12. The molecule has 0 aliphatic carbocycles. The molecule has 0 radical (unpaired) electrons. The van der Waals surface area contributed by atoms with Crippen molar-refractivity contribution in [2.75, 3.05) is 23.8 Å². The van der Waals surface area contributed by atoms with Crippen molar-refractivity contribution in [2.45, 2.75) is 38.9 Å². The van der Waals surface area contributed by atoms with Crippen LogP contribution in [0.15, 0.2) is 49.1 Å². The van der Waals surface area contributed by atoms with Crippen LogP contribution in [-0.4, -0.2) is 45.3 Å². The first kappa shape index (κ1) is 20.0. The number of nitrogens with zero attached hydrogens (tertiary/aromatic N) is 5. The number of nitrogens with one attached hydrogen (secondary N) is 2. The SMILES string of the molecule is CNCCn1cc(-c2ccc3c(c2)[C@H](Nc2ncccn2)C[C@H](C)N3C(C)=O)cn1. The van der Waals surface area contributed by atoms with E-state index in [0.29, 0.717) is 5.95 Å². The highest BCUT2D eigenvalue weighted by atomic mass is 16.2. The number of amides is 1. The highest BCUT2D eigenvalue weighted by molar-refractivity contribution is 5.94. The van der Waals surface area contributed by atoms with E-state index >= 15 is 0 Å². The molecular formula is C22H27N7O. The van der Waals surface area contributed by atoms with Gasteiger partial charge in [-0.25, -0.2) is 9.97 Å². The maximum Gasteiger partial charge on any atom is 0.224 e. The number of hydrogen-bond donors (Lipinski definition) is 2. The minimum atomic E-state index is 0.00675. The first-order valence-electron chi connectivity index (χ1n) is 10.2. The van der Waals surface area contributed by atoms with Gasteiger partial charge in [-0.05, 0) is 49.7 Å². The molecule has 0 spiro atoms. The maximum absolute atomic E-state index is 12.4. The third kappa shape index (κ3) is 4.04. The number of likely N-dealkylation sites (N-methyl/N-ethyl adjacent to an activating group) is 1. The van der Waals surface area contributed by atoms with Crippen molar-refractivity contribution >= 4 is 17.5 Å². The van der Waals surface area contributed by atoms with Crippen LogP contribution in [-0.2, 0) is 11.3 Å². The molecule has 2 aromatic heterocycles.